The van der Waals surface area contributed by atoms with Gasteiger partial charge in [0.2, 0.25) is 5.91 Å². The summed E-state index contributed by atoms with van der Waals surface area (Å²) in [4.78, 5) is 22.5. The molecule has 3 atom stereocenters. The molecule has 0 fully saturated rings. The van der Waals surface area contributed by atoms with E-state index in [1.807, 2.05) is 6.08 Å². The highest BCUT2D eigenvalue weighted by Gasteiger charge is 2.26. The van der Waals surface area contributed by atoms with Crippen LogP contribution in [0.4, 0.5) is 0 Å². The molecule has 0 aliphatic heterocycles. The molecule has 0 aromatic rings. The van der Waals surface area contributed by atoms with Crippen LogP contribution in [0.1, 0.15) is 123 Å². The van der Waals surface area contributed by atoms with E-state index in [0.717, 1.165) is 89.9 Å². The number of nitrogens with one attached hydrogen (secondary N) is 1. The highest BCUT2D eigenvalue weighted by molar-refractivity contribution is 7.47. The average molecular weight is 665 g/mol. The lowest BCUT2D eigenvalue weighted by Gasteiger charge is -2.23. The predicted octanol–water partition coefficient (Wildman–Crippen LogP) is 8.93. The normalized spacial score (nSPS) is 15.3. The molecule has 0 radical (unpaired) electrons. The number of phosphoric acid groups is 1. The molecule has 0 saturated heterocycles. The third-order valence-corrected chi connectivity index (χ3v) is 7.98. The molecule has 0 aliphatic carbocycles. The molecule has 8 nitrogen and oxygen atoms in total. The van der Waals surface area contributed by atoms with Gasteiger partial charge in [-0.3, -0.25) is 13.8 Å². The Labute approximate surface area is 280 Å². The fourth-order valence-electron chi connectivity index (χ4n) is 4.34. The second-order valence-electron chi connectivity index (χ2n) is 11.3. The van der Waals surface area contributed by atoms with Gasteiger partial charge in [0, 0.05) is 13.0 Å². The summed E-state index contributed by atoms with van der Waals surface area (Å²) >= 11 is 0. The van der Waals surface area contributed by atoms with E-state index < -0.39 is 20.0 Å². The molecule has 264 valence electrons. The van der Waals surface area contributed by atoms with Crippen LogP contribution in [-0.4, -0.2) is 47.8 Å². The third-order valence-electron chi connectivity index (χ3n) is 6.99. The lowest BCUT2D eigenvalue weighted by atomic mass is 10.1. The van der Waals surface area contributed by atoms with Gasteiger partial charge >= 0.3 is 7.82 Å². The van der Waals surface area contributed by atoms with Crippen LogP contribution in [0.25, 0.3) is 0 Å². The summed E-state index contributed by atoms with van der Waals surface area (Å²) < 4.78 is 21.9. The van der Waals surface area contributed by atoms with Crippen molar-refractivity contribution in [2.75, 3.05) is 19.8 Å². The van der Waals surface area contributed by atoms with E-state index in [4.69, 9.17) is 14.8 Å². The second-order valence-corrected chi connectivity index (χ2v) is 12.8. The third kappa shape index (κ3) is 30.6. The molecule has 0 aliphatic rings. The van der Waals surface area contributed by atoms with Crippen LogP contribution in [0.15, 0.2) is 72.9 Å². The Morgan fingerprint density at radius 2 is 1.28 bits per heavy atom. The van der Waals surface area contributed by atoms with Crippen LogP contribution in [0.5, 0.6) is 0 Å². The number of allylic oxidation sites excluding steroid dienone is 11. The van der Waals surface area contributed by atoms with E-state index in [1.54, 1.807) is 6.08 Å². The maximum Gasteiger partial charge on any atom is 0.472 e. The van der Waals surface area contributed by atoms with Gasteiger partial charge < -0.3 is 21.1 Å². The number of hydrogen-bond acceptors (Lipinski definition) is 6. The fraction of sp³-hybridized carbons (Fsp3) is 0.649. The Balaban J connectivity index is 4.48. The second kappa shape index (κ2) is 32.9. The van der Waals surface area contributed by atoms with Gasteiger partial charge in [0.05, 0.1) is 25.4 Å². The van der Waals surface area contributed by atoms with E-state index in [1.165, 1.54) is 12.8 Å². The number of amides is 1. The maximum atomic E-state index is 12.6. The van der Waals surface area contributed by atoms with Crippen molar-refractivity contribution in [2.45, 2.75) is 135 Å². The lowest BCUT2D eigenvalue weighted by molar-refractivity contribution is -0.123. The standard InChI is InChI=1S/C37H65N2O6P/c1-3-5-7-9-11-13-15-17-18-19-21-23-25-27-29-31-37(41)39-35(34-45-46(42,43)44-33-32-38)36(40)30-28-26-24-22-20-16-14-12-10-8-6-4-2/h5,7,10-13,17-18,20,22,28,30,35-36,40H,3-4,6,8-9,14-16,19,21,23-27,29,31-34,38H2,1-2H3,(H,39,41)(H,42,43)/b7-5-,12-10+,13-11-,18-17-,22-20+,30-28+. The molecule has 0 bridgehead atoms. The van der Waals surface area contributed by atoms with Crippen molar-refractivity contribution in [3.8, 4) is 0 Å². The highest BCUT2D eigenvalue weighted by Crippen LogP contribution is 2.43. The number of phosphoric ester groups is 1. The largest absolute Gasteiger partial charge is 0.472 e. The summed E-state index contributed by atoms with van der Waals surface area (Å²) in [5.41, 5.74) is 5.34. The van der Waals surface area contributed by atoms with Gasteiger partial charge in [-0.15, -0.1) is 0 Å². The number of aliphatic hydroxyl groups is 1. The van der Waals surface area contributed by atoms with Crippen molar-refractivity contribution in [3.05, 3.63) is 72.9 Å². The van der Waals surface area contributed by atoms with Crippen molar-refractivity contribution >= 4 is 13.7 Å². The molecular formula is C37H65N2O6P. The van der Waals surface area contributed by atoms with Crippen LogP contribution in [0.2, 0.25) is 0 Å². The van der Waals surface area contributed by atoms with Gasteiger partial charge in [0.15, 0.2) is 0 Å². The Bertz CT molecular complexity index is 944. The van der Waals surface area contributed by atoms with Gasteiger partial charge in [-0.2, -0.15) is 0 Å². The van der Waals surface area contributed by atoms with Gasteiger partial charge in [-0.25, -0.2) is 4.57 Å². The Hall–Kier alpha value is -2.06. The first kappa shape index (κ1) is 43.9. The predicted molar refractivity (Wildman–Crippen MR) is 193 cm³/mol. The fourth-order valence-corrected chi connectivity index (χ4v) is 5.10. The lowest BCUT2D eigenvalue weighted by Crippen LogP contribution is -2.45. The molecule has 9 heteroatoms. The van der Waals surface area contributed by atoms with Crippen LogP contribution in [0, 0.1) is 0 Å². The molecule has 1 amide bonds. The van der Waals surface area contributed by atoms with Crippen molar-refractivity contribution < 1.29 is 28.4 Å². The zero-order chi connectivity index (χ0) is 34.0. The van der Waals surface area contributed by atoms with E-state index >= 15 is 0 Å². The van der Waals surface area contributed by atoms with Crippen molar-refractivity contribution in [3.63, 3.8) is 0 Å². The summed E-state index contributed by atoms with van der Waals surface area (Å²) in [5.74, 6) is -0.232. The minimum atomic E-state index is -4.35. The Morgan fingerprint density at radius 1 is 0.739 bits per heavy atom. The molecular weight excluding hydrogens is 599 g/mol. The summed E-state index contributed by atoms with van der Waals surface area (Å²) in [5, 5.41) is 13.5. The first-order chi connectivity index (χ1) is 22.4. The topological polar surface area (TPSA) is 131 Å². The van der Waals surface area contributed by atoms with Gasteiger partial charge in [-0.05, 0) is 70.6 Å². The first-order valence-corrected chi connectivity index (χ1v) is 19.1. The zero-order valence-corrected chi connectivity index (χ0v) is 29.7. The quantitative estimate of drug-likeness (QED) is 0.0331. The minimum absolute atomic E-state index is 0.0647. The van der Waals surface area contributed by atoms with Crippen LogP contribution in [-0.2, 0) is 18.4 Å². The van der Waals surface area contributed by atoms with E-state index in [9.17, 15) is 19.4 Å². The summed E-state index contributed by atoms with van der Waals surface area (Å²) in [6.07, 6.45) is 40.9. The minimum Gasteiger partial charge on any atom is -0.387 e. The van der Waals surface area contributed by atoms with Gasteiger partial charge in [0.1, 0.15) is 0 Å². The molecule has 5 N–H and O–H groups in total. The maximum absolute atomic E-state index is 12.6. The molecule has 0 aromatic heterocycles. The Morgan fingerprint density at radius 3 is 1.93 bits per heavy atom. The SMILES string of the molecule is CC/C=C\C/C=C\C/C=C\CCCCCCCC(=O)NC(COP(=O)(O)OCCN)C(O)/C=C/CC/C=C/CC/C=C/CCCC. The first-order valence-electron chi connectivity index (χ1n) is 17.6. The average Bonchev–Trinajstić information content (AvgIpc) is 3.04. The smallest absolute Gasteiger partial charge is 0.387 e. The number of carbonyl (C=O) groups excluding carboxylic acids is 1. The number of nitrogens with two attached hydrogens (primary N) is 1. The molecule has 0 saturated carbocycles. The summed E-state index contributed by atoms with van der Waals surface area (Å²) in [7, 11) is -4.35. The van der Waals surface area contributed by atoms with E-state index in [-0.39, 0.29) is 25.7 Å². The monoisotopic (exact) mass is 664 g/mol. The van der Waals surface area contributed by atoms with Crippen molar-refractivity contribution in [2.24, 2.45) is 5.73 Å². The van der Waals surface area contributed by atoms with Gasteiger partial charge in [0.25, 0.3) is 0 Å². The van der Waals surface area contributed by atoms with Crippen LogP contribution >= 0.6 is 7.82 Å². The number of carbonyl (C=O) groups is 1. The molecule has 0 rings (SSSR count). The van der Waals surface area contributed by atoms with Crippen LogP contribution in [0.3, 0.4) is 0 Å². The van der Waals surface area contributed by atoms with Crippen LogP contribution < -0.4 is 11.1 Å². The molecule has 46 heavy (non-hydrogen) atoms. The number of rotatable bonds is 31. The summed E-state index contributed by atoms with van der Waals surface area (Å²) in [6.45, 7) is 3.88. The molecule has 0 spiro atoms. The van der Waals surface area contributed by atoms with E-state index in [0.29, 0.717) is 6.42 Å². The number of aliphatic hydroxyl groups excluding tert-OH is 1. The summed E-state index contributed by atoms with van der Waals surface area (Å²) in [6, 6.07) is -0.893. The molecule has 0 heterocycles. The Kier molecular flexibility index (Phi) is 31.4. The number of unbranched alkanes of at least 4 members (excludes halogenated alkanes) is 9. The number of hydrogen-bond donors (Lipinski definition) is 4. The van der Waals surface area contributed by atoms with Gasteiger partial charge in [-0.1, -0.05) is 119 Å². The molecule has 3 unspecified atom stereocenters. The van der Waals surface area contributed by atoms with Crippen molar-refractivity contribution in [1.82, 2.24) is 5.32 Å². The molecule has 0 aromatic carbocycles. The van der Waals surface area contributed by atoms with Crippen molar-refractivity contribution in [1.29, 1.82) is 0 Å². The zero-order valence-electron chi connectivity index (χ0n) is 28.8. The van der Waals surface area contributed by atoms with E-state index in [2.05, 4.69) is 79.9 Å². The highest BCUT2D eigenvalue weighted by atomic mass is 31.2.